The van der Waals surface area contributed by atoms with Crippen LogP contribution in [0.2, 0.25) is 0 Å². The van der Waals surface area contributed by atoms with Gasteiger partial charge in [0, 0.05) is 11.6 Å². The van der Waals surface area contributed by atoms with Crippen LogP contribution in [0, 0.1) is 23.2 Å². The fourth-order valence-electron chi connectivity index (χ4n) is 2.66. The molecule has 86 valence electrons. The SMILES string of the molecule is C=CC(C)(C)/C=N\C1C(C)C(CC)C1C. The van der Waals surface area contributed by atoms with Gasteiger partial charge in [-0.05, 0) is 17.8 Å². The molecular weight excluding hydrogens is 182 g/mol. The second kappa shape index (κ2) is 4.51. The Labute approximate surface area is 94.7 Å². The molecule has 0 aromatic rings. The predicted octanol–water partition coefficient (Wildman–Crippen LogP) is 3.95. The van der Waals surface area contributed by atoms with E-state index in [0.29, 0.717) is 6.04 Å². The molecule has 1 fully saturated rings. The second-order valence-corrected chi connectivity index (χ2v) is 5.58. The molecule has 1 aliphatic carbocycles. The molecule has 0 amide bonds. The Morgan fingerprint density at radius 2 is 1.80 bits per heavy atom. The number of nitrogens with zero attached hydrogens (tertiary/aromatic N) is 1. The first-order valence-corrected chi connectivity index (χ1v) is 6.11. The molecule has 0 spiro atoms. The summed E-state index contributed by atoms with van der Waals surface area (Å²) in [6, 6.07) is 0.536. The summed E-state index contributed by atoms with van der Waals surface area (Å²) in [5.74, 6) is 2.38. The standard InChI is InChI=1S/C14H25N/c1-7-12-10(3)13(11(12)4)15-9-14(5,6)8-2/h8-13H,2,7H2,1,3-6H3/b15-9-. The van der Waals surface area contributed by atoms with Crippen molar-refractivity contribution < 1.29 is 0 Å². The molecule has 0 aliphatic heterocycles. The third-order valence-corrected chi connectivity index (χ3v) is 4.00. The van der Waals surface area contributed by atoms with E-state index in [-0.39, 0.29) is 5.41 Å². The molecule has 15 heavy (non-hydrogen) atoms. The van der Waals surface area contributed by atoms with Gasteiger partial charge in [-0.2, -0.15) is 0 Å². The maximum Gasteiger partial charge on any atom is 0.0552 e. The molecule has 1 rings (SSSR count). The zero-order valence-electron chi connectivity index (χ0n) is 10.8. The van der Waals surface area contributed by atoms with Crippen molar-refractivity contribution in [2.75, 3.05) is 0 Å². The quantitative estimate of drug-likeness (QED) is 0.489. The molecule has 0 radical (unpaired) electrons. The van der Waals surface area contributed by atoms with Crippen molar-refractivity contribution in [3.05, 3.63) is 12.7 Å². The highest BCUT2D eigenvalue weighted by atomic mass is 14.8. The molecule has 1 heteroatoms. The fourth-order valence-corrected chi connectivity index (χ4v) is 2.66. The van der Waals surface area contributed by atoms with Gasteiger partial charge in [0.15, 0.2) is 0 Å². The number of hydrogen-bond acceptors (Lipinski definition) is 1. The normalized spacial score (nSPS) is 36.6. The Balaban J connectivity index is 2.58. The highest BCUT2D eigenvalue weighted by molar-refractivity contribution is 5.67. The van der Waals surface area contributed by atoms with Crippen LogP contribution in [0.25, 0.3) is 0 Å². The van der Waals surface area contributed by atoms with Crippen molar-refractivity contribution in [2.24, 2.45) is 28.2 Å². The van der Waals surface area contributed by atoms with Crippen molar-refractivity contribution in [1.29, 1.82) is 0 Å². The second-order valence-electron chi connectivity index (χ2n) is 5.58. The zero-order valence-corrected chi connectivity index (χ0v) is 10.8. The Hall–Kier alpha value is -0.590. The van der Waals surface area contributed by atoms with Crippen LogP contribution in [0.3, 0.4) is 0 Å². The maximum absolute atomic E-state index is 4.74. The van der Waals surface area contributed by atoms with Gasteiger partial charge in [-0.25, -0.2) is 0 Å². The molecule has 0 heterocycles. The van der Waals surface area contributed by atoms with Crippen LogP contribution < -0.4 is 0 Å². The molecule has 1 nitrogen and oxygen atoms in total. The molecule has 0 bridgehead atoms. The first-order valence-electron chi connectivity index (χ1n) is 6.11. The number of aliphatic imine (C=N–C) groups is 1. The summed E-state index contributed by atoms with van der Waals surface area (Å²) in [5, 5.41) is 0. The van der Waals surface area contributed by atoms with Crippen LogP contribution in [0.5, 0.6) is 0 Å². The van der Waals surface area contributed by atoms with E-state index in [1.165, 1.54) is 6.42 Å². The largest absolute Gasteiger partial charge is 0.293 e. The lowest BCUT2D eigenvalue weighted by molar-refractivity contribution is 0.0623. The third kappa shape index (κ3) is 2.50. The van der Waals surface area contributed by atoms with E-state index in [1.54, 1.807) is 0 Å². The molecule has 2 atom stereocenters. The van der Waals surface area contributed by atoms with Gasteiger partial charge in [0.1, 0.15) is 0 Å². The van der Waals surface area contributed by atoms with E-state index in [2.05, 4.69) is 47.4 Å². The van der Waals surface area contributed by atoms with Crippen LogP contribution in [0.4, 0.5) is 0 Å². The van der Waals surface area contributed by atoms with Gasteiger partial charge in [-0.1, -0.05) is 47.1 Å². The summed E-state index contributed by atoms with van der Waals surface area (Å²) >= 11 is 0. The third-order valence-electron chi connectivity index (χ3n) is 4.00. The zero-order chi connectivity index (χ0) is 11.6. The van der Waals surface area contributed by atoms with E-state index >= 15 is 0 Å². The number of hydrogen-bond donors (Lipinski definition) is 0. The van der Waals surface area contributed by atoms with Crippen LogP contribution in [0.15, 0.2) is 17.6 Å². The number of rotatable bonds is 4. The van der Waals surface area contributed by atoms with E-state index in [1.807, 2.05) is 6.08 Å². The Morgan fingerprint density at radius 3 is 2.20 bits per heavy atom. The Morgan fingerprint density at radius 1 is 1.27 bits per heavy atom. The van der Waals surface area contributed by atoms with Crippen LogP contribution in [-0.4, -0.2) is 12.3 Å². The summed E-state index contributed by atoms with van der Waals surface area (Å²) < 4.78 is 0. The lowest BCUT2D eigenvalue weighted by Crippen LogP contribution is -2.47. The minimum absolute atomic E-state index is 0.0384. The summed E-state index contributed by atoms with van der Waals surface area (Å²) in [6.07, 6.45) is 5.32. The highest BCUT2D eigenvalue weighted by Crippen LogP contribution is 2.44. The van der Waals surface area contributed by atoms with Gasteiger partial charge in [0.05, 0.1) is 6.04 Å². The first kappa shape index (κ1) is 12.5. The van der Waals surface area contributed by atoms with Crippen molar-refractivity contribution in [1.82, 2.24) is 0 Å². The van der Waals surface area contributed by atoms with Crippen molar-refractivity contribution in [3.8, 4) is 0 Å². The molecule has 1 saturated carbocycles. The fraction of sp³-hybridized carbons (Fsp3) is 0.786. The van der Waals surface area contributed by atoms with E-state index < -0.39 is 0 Å². The van der Waals surface area contributed by atoms with Gasteiger partial charge < -0.3 is 0 Å². The van der Waals surface area contributed by atoms with E-state index in [4.69, 9.17) is 4.99 Å². The molecule has 0 aromatic heterocycles. The van der Waals surface area contributed by atoms with Crippen molar-refractivity contribution in [2.45, 2.75) is 47.1 Å². The highest BCUT2D eigenvalue weighted by Gasteiger charge is 2.43. The molecule has 0 saturated heterocycles. The van der Waals surface area contributed by atoms with Gasteiger partial charge in [0.25, 0.3) is 0 Å². The summed E-state index contributed by atoms with van der Waals surface area (Å²) in [6.45, 7) is 15.1. The summed E-state index contributed by atoms with van der Waals surface area (Å²) in [7, 11) is 0. The van der Waals surface area contributed by atoms with Crippen LogP contribution in [0.1, 0.15) is 41.0 Å². The lowest BCUT2D eigenvalue weighted by atomic mass is 9.61. The van der Waals surface area contributed by atoms with Gasteiger partial charge >= 0.3 is 0 Å². The van der Waals surface area contributed by atoms with Crippen molar-refractivity contribution >= 4 is 6.21 Å². The lowest BCUT2D eigenvalue weighted by Gasteiger charge is -2.47. The minimum Gasteiger partial charge on any atom is -0.293 e. The predicted molar refractivity (Wildman–Crippen MR) is 68.4 cm³/mol. The number of allylic oxidation sites excluding steroid dienone is 1. The first-order chi connectivity index (χ1) is 6.93. The van der Waals surface area contributed by atoms with Gasteiger partial charge in [0.2, 0.25) is 0 Å². The maximum atomic E-state index is 4.74. The Kier molecular flexibility index (Phi) is 3.75. The molecule has 2 unspecified atom stereocenters. The Bertz CT molecular complexity index is 242. The molecule has 0 N–H and O–H groups in total. The van der Waals surface area contributed by atoms with Gasteiger partial charge in [-0.3, -0.25) is 4.99 Å². The van der Waals surface area contributed by atoms with E-state index in [0.717, 1.165) is 17.8 Å². The monoisotopic (exact) mass is 207 g/mol. The summed E-state index contributed by atoms with van der Waals surface area (Å²) in [5.41, 5.74) is 0.0384. The van der Waals surface area contributed by atoms with E-state index in [9.17, 15) is 0 Å². The molecular formula is C14H25N. The minimum atomic E-state index is 0.0384. The van der Waals surface area contributed by atoms with Crippen molar-refractivity contribution in [3.63, 3.8) is 0 Å². The average molecular weight is 207 g/mol. The topological polar surface area (TPSA) is 12.4 Å². The molecule has 1 aliphatic rings. The summed E-state index contributed by atoms with van der Waals surface area (Å²) in [4.78, 5) is 4.74. The molecule has 0 aromatic carbocycles. The van der Waals surface area contributed by atoms with Crippen LogP contribution >= 0.6 is 0 Å². The van der Waals surface area contributed by atoms with Crippen LogP contribution in [-0.2, 0) is 0 Å². The smallest absolute Gasteiger partial charge is 0.0552 e. The van der Waals surface area contributed by atoms with Gasteiger partial charge in [-0.15, -0.1) is 6.58 Å². The average Bonchev–Trinajstić information content (AvgIpc) is 2.19.